The topological polar surface area (TPSA) is 186 Å². The largest absolute Gasteiger partial charge is 0.462 e. The monoisotopic (exact) mass is 841 g/mol. The summed E-state index contributed by atoms with van der Waals surface area (Å²) in [6, 6.07) is -0.678. The van der Waals surface area contributed by atoms with Crippen LogP contribution < -0.4 is 0 Å². The molecule has 4 N–H and O–H groups in total. The Labute approximate surface area is 352 Å². The average Bonchev–Trinajstić information content (AvgIpc) is 3.20. The normalized spacial score (nSPS) is 42.9. The molecule has 4 aliphatic heterocycles. The molecule has 0 saturated carbocycles. The number of ketones is 1. The van der Waals surface area contributed by atoms with E-state index in [2.05, 4.69) is 4.90 Å². The van der Waals surface area contributed by atoms with E-state index >= 15 is 0 Å². The molecule has 0 bridgehead atoms. The Morgan fingerprint density at radius 3 is 2.12 bits per heavy atom. The van der Waals surface area contributed by atoms with Crippen LogP contribution >= 0.6 is 0 Å². The second-order valence-corrected chi connectivity index (χ2v) is 17.6. The van der Waals surface area contributed by atoms with Crippen molar-refractivity contribution in [2.75, 3.05) is 54.6 Å². The third-order valence-corrected chi connectivity index (χ3v) is 13.0. The summed E-state index contributed by atoms with van der Waals surface area (Å²) >= 11 is 0. The second kappa shape index (κ2) is 23.5. The zero-order valence-electron chi connectivity index (χ0n) is 37.2. The maximum atomic E-state index is 13.9. The highest BCUT2D eigenvalue weighted by Gasteiger charge is 2.48. The van der Waals surface area contributed by atoms with Crippen LogP contribution in [0.15, 0.2) is 23.8 Å². The number of methoxy groups -OCH3 is 2. The minimum Gasteiger partial charge on any atom is -0.462 e. The maximum absolute atomic E-state index is 13.9. The first-order chi connectivity index (χ1) is 28.0. The Hall–Kier alpha value is -1.86. The summed E-state index contributed by atoms with van der Waals surface area (Å²) in [5.74, 6) is -2.50. The number of ether oxygens (including phenoxy) is 7. The Kier molecular flexibility index (Phi) is 19.9. The predicted molar refractivity (Wildman–Crippen MR) is 220 cm³/mol. The predicted octanol–water partition coefficient (Wildman–Crippen LogP) is 2.85. The first kappa shape index (κ1) is 49.8. The first-order valence-corrected chi connectivity index (χ1v) is 21.8. The summed E-state index contributed by atoms with van der Waals surface area (Å²) in [5.41, 5.74) is 0.763. The maximum Gasteiger partial charge on any atom is 0.308 e. The molecule has 4 rings (SSSR count). The molecule has 3 saturated heterocycles. The quantitative estimate of drug-likeness (QED) is 0.210. The standard InChI is InChI=1S/C44H76N2O13/c1-11-34-31(24-55-44-42(54-10)41(53-9)38(51)29(6)57-44)21-25(2)15-16-32(47)26(3)22-30(17-20-46-18-13-12-14-19-46)40(27(4)33(48)23-35(49)58-34)59-43-39(52)36(45(7)8)37(50)28(5)56-43/h15-16,21,26-31,33-34,36-44,48,50-52H,11-14,17-20,22-24H2,1-10H3/b16-15+,25-21+/t26-,27+,28-,29-,30+,31?,33-,34-,36+,37-,38-,39-,40-,41-,42-,43+,44-/m1/s1. The smallest absolute Gasteiger partial charge is 0.308 e. The van der Waals surface area contributed by atoms with Crippen molar-refractivity contribution >= 4 is 11.8 Å². The van der Waals surface area contributed by atoms with E-state index in [0.717, 1.165) is 38.0 Å². The van der Waals surface area contributed by atoms with Crippen LogP contribution in [0.5, 0.6) is 0 Å². The van der Waals surface area contributed by atoms with Crippen molar-refractivity contribution in [3.63, 3.8) is 0 Å². The lowest BCUT2D eigenvalue weighted by Gasteiger charge is -2.47. The summed E-state index contributed by atoms with van der Waals surface area (Å²) < 4.78 is 42.5. The molecule has 340 valence electrons. The van der Waals surface area contributed by atoms with Gasteiger partial charge in [-0.2, -0.15) is 0 Å². The lowest BCUT2D eigenvalue weighted by Crippen LogP contribution is -2.63. The number of piperidine rings is 1. The van der Waals surface area contributed by atoms with Crippen LogP contribution in [0.4, 0.5) is 0 Å². The molecule has 1 unspecified atom stereocenters. The zero-order valence-corrected chi connectivity index (χ0v) is 37.2. The average molecular weight is 841 g/mol. The number of carbonyl (C=O) groups excluding carboxylic acids is 2. The number of rotatable bonds is 12. The Morgan fingerprint density at radius 2 is 1.49 bits per heavy atom. The van der Waals surface area contributed by atoms with Crippen LogP contribution in [0.1, 0.15) is 86.5 Å². The summed E-state index contributed by atoms with van der Waals surface area (Å²) in [5, 5.41) is 45.1. The van der Waals surface area contributed by atoms with Gasteiger partial charge in [0, 0.05) is 32.0 Å². The molecule has 3 fully saturated rings. The van der Waals surface area contributed by atoms with Crippen molar-refractivity contribution < 1.29 is 63.2 Å². The summed E-state index contributed by atoms with van der Waals surface area (Å²) in [6.45, 7) is 13.7. The third kappa shape index (κ3) is 13.3. The third-order valence-electron chi connectivity index (χ3n) is 13.0. The van der Waals surface area contributed by atoms with Crippen molar-refractivity contribution in [2.45, 2.75) is 166 Å². The van der Waals surface area contributed by atoms with Crippen LogP contribution in [0.3, 0.4) is 0 Å². The van der Waals surface area contributed by atoms with Gasteiger partial charge in [-0.05, 0) is 98.6 Å². The minimum atomic E-state index is -1.22. The lowest BCUT2D eigenvalue weighted by atomic mass is 9.79. The molecule has 0 aliphatic carbocycles. The van der Waals surface area contributed by atoms with Gasteiger partial charge in [-0.3, -0.25) is 9.59 Å². The fraction of sp³-hybridized carbons (Fsp3) is 0.864. The van der Waals surface area contributed by atoms with Crippen molar-refractivity contribution in [3.05, 3.63) is 23.8 Å². The summed E-state index contributed by atoms with van der Waals surface area (Å²) in [7, 11) is 6.53. The minimum absolute atomic E-state index is 0.0451. The fourth-order valence-corrected chi connectivity index (χ4v) is 9.22. The van der Waals surface area contributed by atoms with Gasteiger partial charge >= 0.3 is 5.97 Å². The zero-order chi connectivity index (χ0) is 43.6. The number of hydrogen-bond acceptors (Lipinski definition) is 15. The van der Waals surface area contributed by atoms with Crippen molar-refractivity contribution in [3.8, 4) is 0 Å². The number of likely N-dealkylation sites (N-methyl/N-ethyl adjacent to an activating group) is 1. The van der Waals surface area contributed by atoms with Crippen molar-refractivity contribution in [1.29, 1.82) is 0 Å². The van der Waals surface area contributed by atoms with Gasteiger partial charge in [-0.1, -0.05) is 44.9 Å². The molecule has 0 aromatic heterocycles. The molecule has 0 spiro atoms. The number of allylic oxidation sites excluding steroid dienone is 3. The highest BCUT2D eigenvalue weighted by Crippen LogP contribution is 2.35. The number of aliphatic hydroxyl groups excluding tert-OH is 4. The molecule has 15 heteroatoms. The molecule has 15 nitrogen and oxygen atoms in total. The number of carbonyl (C=O) groups is 2. The van der Waals surface area contributed by atoms with E-state index in [1.54, 1.807) is 45.0 Å². The van der Waals surface area contributed by atoms with Gasteiger partial charge in [0.1, 0.15) is 30.5 Å². The molecular formula is C44H76N2O13. The number of esters is 1. The number of likely N-dealkylation sites (tertiary alicyclic amines) is 1. The van der Waals surface area contributed by atoms with E-state index in [9.17, 15) is 30.0 Å². The second-order valence-electron chi connectivity index (χ2n) is 17.6. The van der Waals surface area contributed by atoms with E-state index in [1.807, 2.05) is 33.8 Å². The molecule has 0 aromatic carbocycles. The fourth-order valence-electron chi connectivity index (χ4n) is 9.22. The van der Waals surface area contributed by atoms with E-state index in [-0.39, 0.29) is 24.7 Å². The van der Waals surface area contributed by atoms with Gasteiger partial charge in [0.05, 0.1) is 49.6 Å². The Bertz CT molecular complexity index is 1360. The molecule has 0 radical (unpaired) electrons. The lowest BCUT2D eigenvalue weighted by molar-refractivity contribution is -0.304. The van der Waals surface area contributed by atoms with E-state index in [4.69, 9.17) is 33.2 Å². The summed E-state index contributed by atoms with van der Waals surface area (Å²) in [6.07, 6.45) is -0.601. The number of cyclic esters (lactones) is 1. The van der Waals surface area contributed by atoms with Crippen LogP contribution in [-0.2, 0) is 42.7 Å². The van der Waals surface area contributed by atoms with Crippen LogP contribution in [0, 0.1) is 23.7 Å². The molecule has 0 amide bonds. The number of hydrogen-bond donors (Lipinski definition) is 4. The van der Waals surface area contributed by atoms with Crippen LogP contribution in [-0.4, -0.2) is 176 Å². The van der Waals surface area contributed by atoms with E-state index < -0.39 is 103 Å². The van der Waals surface area contributed by atoms with E-state index in [0.29, 0.717) is 19.3 Å². The van der Waals surface area contributed by atoms with Crippen LogP contribution in [0.25, 0.3) is 0 Å². The van der Waals surface area contributed by atoms with Gasteiger partial charge < -0.3 is 63.4 Å². The van der Waals surface area contributed by atoms with Gasteiger partial charge in [0.15, 0.2) is 18.4 Å². The molecule has 0 aromatic rings. The Morgan fingerprint density at radius 1 is 0.847 bits per heavy atom. The van der Waals surface area contributed by atoms with Gasteiger partial charge in [-0.15, -0.1) is 0 Å². The van der Waals surface area contributed by atoms with Gasteiger partial charge in [-0.25, -0.2) is 0 Å². The van der Waals surface area contributed by atoms with Crippen molar-refractivity contribution in [1.82, 2.24) is 9.80 Å². The summed E-state index contributed by atoms with van der Waals surface area (Å²) in [4.78, 5) is 31.9. The SMILES string of the molecule is CC[C@H]1OC(=O)C[C@@H](O)[C@H](C)[C@@H](O[C@@H]2O[C@H](C)[C@@H](O)[C@H](N(C)C)[C@H]2O)[C@@H](CCN2CCCCC2)C[C@@H](C)C(=O)/C=C/C(C)=C/C1CO[C@@H]1O[C@H](C)[C@@H](O)[C@@H](OC)[C@H]1OC. The van der Waals surface area contributed by atoms with Crippen LogP contribution in [0.2, 0.25) is 0 Å². The Balaban J connectivity index is 1.67. The molecule has 17 atom stereocenters. The van der Waals surface area contributed by atoms with Crippen molar-refractivity contribution in [2.24, 2.45) is 23.7 Å². The highest BCUT2D eigenvalue weighted by molar-refractivity contribution is 5.91. The first-order valence-electron chi connectivity index (χ1n) is 21.8. The molecule has 4 aliphatic rings. The molecule has 59 heavy (non-hydrogen) atoms. The van der Waals surface area contributed by atoms with Gasteiger partial charge in [0.2, 0.25) is 0 Å². The molecule has 4 heterocycles. The van der Waals surface area contributed by atoms with E-state index in [1.165, 1.54) is 20.6 Å². The number of nitrogens with zero attached hydrogens (tertiary/aromatic N) is 2. The molecular weight excluding hydrogens is 764 g/mol. The highest BCUT2D eigenvalue weighted by atomic mass is 16.7. The number of aliphatic hydroxyl groups is 4. The van der Waals surface area contributed by atoms with Gasteiger partial charge in [0.25, 0.3) is 0 Å².